The summed E-state index contributed by atoms with van der Waals surface area (Å²) in [7, 11) is -1.49. The van der Waals surface area contributed by atoms with E-state index in [1.165, 1.54) is 5.56 Å². The van der Waals surface area contributed by atoms with Crippen molar-refractivity contribution in [1.29, 1.82) is 0 Å². The summed E-state index contributed by atoms with van der Waals surface area (Å²) in [6, 6.07) is 7.89. The fraction of sp³-hybridized carbons (Fsp3) is 0.632. The third-order valence-electron chi connectivity index (χ3n) is 4.86. The molecular formula is C19H29NO4S. The molecule has 1 saturated carbocycles. The van der Waals surface area contributed by atoms with Crippen LogP contribution in [-0.4, -0.2) is 38.5 Å². The third kappa shape index (κ3) is 6.34. The average molecular weight is 368 g/mol. The number of carbonyl (C=O) groups excluding carboxylic acids is 1. The van der Waals surface area contributed by atoms with Gasteiger partial charge in [0, 0.05) is 12.5 Å². The molecule has 1 amide bonds. The van der Waals surface area contributed by atoms with Gasteiger partial charge in [0.2, 0.25) is 5.91 Å². The molecule has 0 saturated heterocycles. The van der Waals surface area contributed by atoms with E-state index in [1.54, 1.807) is 7.11 Å². The highest BCUT2D eigenvalue weighted by Crippen LogP contribution is 2.25. The summed E-state index contributed by atoms with van der Waals surface area (Å²) < 4.78 is 29.5. The fourth-order valence-corrected chi connectivity index (χ4v) is 5.10. The number of rotatable bonds is 9. The Balaban J connectivity index is 1.70. The molecule has 1 unspecified atom stereocenters. The van der Waals surface area contributed by atoms with Gasteiger partial charge in [0.25, 0.3) is 0 Å². The molecule has 0 aliphatic heterocycles. The fourth-order valence-electron chi connectivity index (χ4n) is 3.24. The summed E-state index contributed by atoms with van der Waals surface area (Å²) in [6.45, 7) is 1.95. The number of aryl methyl sites for hydroxylation is 1. The summed E-state index contributed by atoms with van der Waals surface area (Å²) >= 11 is 0. The Kier molecular flexibility index (Phi) is 7.29. The first-order valence-electron chi connectivity index (χ1n) is 9.04. The lowest BCUT2D eigenvalue weighted by Crippen LogP contribution is -2.34. The predicted octanol–water partition coefficient (Wildman–Crippen LogP) is 2.88. The van der Waals surface area contributed by atoms with Crippen LogP contribution in [0.5, 0.6) is 5.75 Å². The van der Waals surface area contributed by atoms with E-state index in [9.17, 15) is 13.2 Å². The van der Waals surface area contributed by atoms with E-state index in [2.05, 4.69) is 5.32 Å². The van der Waals surface area contributed by atoms with Crippen molar-refractivity contribution in [3.8, 4) is 5.75 Å². The second-order valence-corrected chi connectivity index (χ2v) is 9.28. The van der Waals surface area contributed by atoms with Crippen LogP contribution in [0.1, 0.15) is 51.0 Å². The second-order valence-electron chi connectivity index (χ2n) is 6.88. The molecule has 1 fully saturated rings. The number of amides is 1. The molecule has 1 aliphatic rings. The van der Waals surface area contributed by atoms with Crippen LogP contribution < -0.4 is 10.1 Å². The molecule has 140 valence electrons. The van der Waals surface area contributed by atoms with Gasteiger partial charge in [-0.15, -0.1) is 0 Å². The number of methoxy groups -OCH3 is 1. The van der Waals surface area contributed by atoms with Crippen molar-refractivity contribution in [2.24, 2.45) is 0 Å². The molecule has 0 spiro atoms. The Hall–Kier alpha value is -1.56. The molecule has 1 aromatic rings. The van der Waals surface area contributed by atoms with Gasteiger partial charge in [-0.2, -0.15) is 0 Å². The van der Waals surface area contributed by atoms with Crippen molar-refractivity contribution in [3.63, 3.8) is 0 Å². The van der Waals surface area contributed by atoms with Gasteiger partial charge in [-0.1, -0.05) is 25.0 Å². The Morgan fingerprint density at radius 2 is 1.88 bits per heavy atom. The minimum Gasteiger partial charge on any atom is -0.497 e. The monoisotopic (exact) mass is 367 g/mol. The van der Waals surface area contributed by atoms with Crippen molar-refractivity contribution in [3.05, 3.63) is 29.8 Å². The molecule has 0 aromatic heterocycles. The maximum absolute atomic E-state index is 12.2. The number of sulfone groups is 1. The lowest BCUT2D eigenvalue weighted by atomic mass is 10.1. The number of nitrogens with one attached hydrogen (secondary N) is 1. The largest absolute Gasteiger partial charge is 0.497 e. The number of benzene rings is 1. The highest BCUT2D eigenvalue weighted by Gasteiger charge is 2.28. The minimum absolute atomic E-state index is 0.0174. The van der Waals surface area contributed by atoms with Gasteiger partial charge in [-0.05, 0) is 50.3 Å². The van der Waals surface area contributed by atoms with Crippen LogP contribution in [0.2, 0.25) is 0 Å². The smallest absolute Gasteiger partial charge is 0.221 e. The SMILES string of the molecule is COc1ccc(CCC(C)NC(=O)CCS(=O)(=O)C2CCCC2)cc1. The van der Waals surface area contributed by atoms with Crippen molar-refractivity contribution in [2.75, 3.05) is 12.9 Å². The van der Waals surface area contributed by atoms with E-state index in [0.29, 0.717) is 0 Å². The Morgan fingerprint density at radius 3 is 2.48 bits per heavy atom. The molecule has 0 heterocycles. The highest BCUT2D eigenvalue weighted by atomic mass is 32.2. The molecule has 2 rings (SSSR count). The average Bonchev–Trinajstić information content (AvgIpc) is 3.14. The zero-order valence-corrected chi connectivity index (χ0v) is 16.0. The van der Waals surface area contributed by atoms with Gasteiger partial charge in [0.15, 0.2) is 9.84 Å². The van der Waals surface area contributed by atoms with Crippen LogP contribution >= 0.6 is 0 Å². The molecule has 0 radical (unpaired) electrons. The number of ether oxygens (including phenoxy) is 1. The van der Waals surface area contributed by atoms with Gasteiger partial charge in [0.05, 0.1) is 18.1 Å². The standard InChI is InChI=1S/C19H29NO4S/c1-15(7-8-16-9-11-17(24-2)12-10-16)20-19(21)13-14-25(22,23)18-5-3-4-6-18/h9-12,15,18H,3-8,13-14H2,1-2H3,(H,20,21). The lowest BCUT2D eigenvalue weighted by Gasteiger charge is -2.15. The highest BCUT2D eigenvalue weighted by molar-refractivity contribution is 7.92. The van der Waals surface area contributed by atoms with Crippen LogP contribution in [0.25, 0.3) is 0 Å². The minimum atomic E-state index is -3.13. The van der Waals surface area contributed by atoms with Gasteiger partial charge in [-0.25, -0.2) is 8.42 Å². The molecule has 6 heteroatoms. The van der Waals surface area contributed by atoms with Gasteiger partial charge >= 0.3 is 0 Å². The summed E-state index contributed by atoms with van der Waals surface area (Å²) in [5.41, 5.74) is 1.19. The maximum atomic E-state index is 12.2. The number of hydrogen-bond acceptors (Lipinski definition) is 4. The van der Waals surface area contributed by atoms with Gasteiger partial charge in [0.1, 0.15) is 5.75 Å². The van der Waals surface area contributed by atoms with Crippen molar-refractivity contribution in [2.45, 2.75) is 63.2 Å². The molecule has 1 atom stereocenters. The third-order valence-corrected chi connectivity index (χ3v) is 7.12. The zero-order chi connectivity index (χ0) is 18.3. The lowest BCUT2D eigenvalue weighted by molar-refractivity contribution is -0.121. The summed E-state index contributed by atoms with van der Waals surface area (Å²) in [5, 5.41) is 2.68. The van der Waals surface area contributed by atoms with Crippen molar-refractivity contribution in [1.82, 2.24) is 5.32 Å². The van der Waals surface area contributed by atoms with E-state index in [4.69, 9.17) is 4.74 Å². The Morgan fingerprint density at radius 1 is 1.24 bits per heavy atom. The predicted molar refractivity (Wildman–Crippen MR) is 99.6 cm³/mol. The summed E-state index contributed by atoms with van der Waals surface area (Å²) in [5.74, 6) is 0.617. The van der Waals surface area contributed by atoms with Crippen molar-refractivity contribution >= 4 is 15.7 Å². The Bertz CT molecular complexity index is 649. The maximum Gasteiger partial charge on any atom is 0.221 e. The molecule has 5 nitrogen and oxygen atoms in total. The summed E-state index contributed by atoms with van der Waals surface area (Å²) in [4.78, 5) is 12.0. The first kappa shape index (κ1) is 19.8. The van der Waals surface area contributed by atoms with Crippen molar-refractivity contribution < 1.29 is 17.9 Å². The second kappa shape index (κ2) is 9.22. The molecule has 25 heavy (non-hydrogen) atoms. The Labute approximate surface area is 151 Å². The molecular weight excluding hydrogens is 338 g/mol. The van der Waals surface area contributed by atoms with Gasteiger partial charge in [-0.3, -0.25) is 4.79 Å². The zero-order valence-electron chi connectivity index (χ0n) is 15.2. The van der Waals surface area contributed by atoms with E-state index >= 15 is 0 Å². The molecule has 1 N–H and O–H groups in total. The normalized spacial score (nSPS) is 16.6. The summed E-state index contributed by atoms with van der Waals surface area (Å²) in [6.07, 6.45) is 5.20. The van der Waals surface area contributed by atoms with Gasteiger partial charge < -0.3 is 10.1 Å². The molecule has 1 aromatic carbocycles. The van der Waals surface area contributed by atoms with Crippen LogP contribution in [0.3, 0.4) is 0 Å². The van der Waals surface area contributed by atoms with Crippen LogP contribution in [0, 0.1) is 0 Å². The topological polar surface area (TPSA) is 72.5 Å². The van der Waals surface area contributed by atoms with Crippen LogP contribution in [0.15, 0.2) is 24.3 Å². The van der Waals surface area contributed by atoms with E-state index in [0.717, 1.165) is 44.3 Å². The first-order chi connectivity index (χ1) is 11.9. The van der Waals surface area contributed by atoms with E-state index < -0.39 is 9.84 Å². The number of hydrogen-bond donors (Lipinski definition) is 1. The molecule has 1 aliphatic carbocycles. The molecule has 0 bridgehead atoms. The van der Waals surface area contributed by atoms with E-state index in [-0.39, 0.29) is 29.4 Å². The first-order valence-corrected chi connectivity index (χ1v) is 10.8. The number of carbonyl (C=O) groups is 1. The van der Waals surface area contributed by atoms with Crippen LogP contribution in [0.4, 0.5) is 0 Å². The van der Waals surface area contributed by atoms with Crippen LogP contribution in [-0.2, 0) is 21.1 Å². The quantitative estimate of drug-likeness (QED) is 0.728. The van der Waals surface area contributed by atoms with E-state index in [1.807, 2.05) is 31.2 Å².